The maximum atomic E-state index is 12.2. The lowest BCUT2D eigenvalue weighted by Gasteiger charge is -2.28. The van der Waals surface area contributed by atoms with Crippen molar-refractivity contribution < 1.29 is 0 Å². The summed E-state index contributed by atoms with van der Waals surface area (Å²) in [5, 5.41) is 0. The Kier molecular flexibility index (Phi) is 3.89. The Morgan fingerprint density at radius 3 is 2.50 bits per heavy atom. The molecule has 1 atom stereocenters. The molecule has 1 heterocycles. The molecule has 1 unspecified atom stereocenters. The van der Waals surface area contributed by atoms with Crippen LogP contribution in [0.15, 0.2) is 35.1 Å². The van der Waals surface area contributed by atoms with E-state index in [-0.39, 0.29) is 11.1 Å². The molecule has 0 bridgehead atoms. The van der Waals surface area contributed by atoms with E-state index in [1.807, 2.05) is 42.7 Å². The molecule has 1 aliphatic carbocycles. The summed E-state index contributed by atoms with van der Waals surface area (Å²) in [5.41, 5.74) is 2.99. The number of hydrogen-bond acceptors (Lipinski definition) is 1. The summed E-state index contributed by atoms with van der Waals surface area (Å²) in [4.78, 5) is 15.1. The summed E-state index contributed by atoms with van der Waals surface area (Å²) >= 11 is 0. The molecule has 3 nitrogen and oxygen atoms in total. The van der Waals surface area contributed by atoms with Crippen LogP contribution < -0.4 is 5.69 Å². The van der Waals surface area contributed by atoms with Gasteiger partial charge in [0.05, 0.1) is 11.0 Å². The van der Waals surface area contributed by atoms with Crippen LogP contribution in [0.25, 0.3) is 16.7 Å². The number of allylic oxidation sites excluding steroid dienone is 2. The molecular formula is C17H24N2O. The minimum atomic E-state index is -0.0374. The Balaban J connectivity index is 0.000000704. The van der Waals surface area contributed by atoms with Gasteiger partial charge in [-0.3, -0.25) is 4.57 Å². The van der Waals surface area contributed by atoms with Crippen LogP contribution in [-0.2, 0) is 0 Å². The lowest BCUT2D eigenvalue weighted by Crippen LogP contribution is -2.26. The molecule has 1 aromatic heterocycles. The summed E-state index contributed by atoms with van der Waals surface area (Å²) in [6.07, 6.45) is 3.24. The summed E-state index contributed by atoms with van der Waals surface area (Å²) in [6, 6.07) is 7.85. The van der Waals surface area contributed by atoms with Crippen molar-refractivity contribution in [3.05, 3.63) is 40.8 Å². The fourth-order valence-electron chi connectivity index (χ4n) is 2.77. The third kappa shape index (κ3) is 2.11. The smallest absolute Gasteiger partial charge is 0.305 e. The molecule has 3 heteroatoms. The third-order valence-corrected chi connectivity index (χ3v) is 4.39. The number of imidazole rings is 1. The van der Waals surface area contributed by atoms with Crippen LogP contribution in [0.3, 0.4) is 0 Å². The fraction of sp³-hybridized carbons (Fsp3) is 0.471. The Hall–Kier alpha value is -1.77. The van der Waals surface area contributed by atoms with E-state index in [0.29, 0.717) is 5.92 Å². The van der Waals surface area contributed by atoms with Crippen molar-refractivity contribution in [3.8, 4) is 0 Å². The largest absolute Gasteiger partial charge is 0.330 e. The minimum absolute atomic E-state index is 0.0365. The molecule has 2 aromatic rings. The summed E-state index contributed by atoms with van der Waals surface area (Å²) in [6.45, 7) is 10.7. The van der Waals surface area contributed by atoms with Gasteiger partial charge in [0.1, 0.15) is 0 Å². The lowest BCUT2D eigenvalue weighted by molar-refractivity contribution is 0.338. The van der Waals surface area contributed by atoms with Gasteiger partial charge >= 0.3 is 5.69 Å². The molecular weight excluding hydrogens is 248 g/mol. The standard InChI is InChI=1S/C15H18N2O.C2H6/c1-10-8-9-13(15(10,2)3)17-12-7-5-4-6-11(12)16-14(17)18;1-2/h4-7,9-10H,8H2,1-3H3,(H,16,18);1-2H3. The maximum Gasteiger partial charge on any atom is 0.330 e. The molecule has 0 radical (unpaired) electrons. The van der Waals surface area contributed by atoms with Crippen LogP contribution in [-0.4, -0.2) is 9.55 Å². The molecule has 3 rings (SSSR count). The van der Waals surface area contributed by atoms with E-state index in [9.17, 15) is 4.79 Å². The normalized spacial score (nSPS) is 20.4. The first-order valence-corrected chi connectivity index (χ1v) is 7.42. The predicted molar refractivity (Wildman–Crippen MR) is 85.7 cm³/mol. The first kappa shape index (κ1) is 14.6. The Morgan fingerprint density at radius 1 is 1.25 bits per heavy atom. The van der Waals surface area contributed by atoms with E-state index >= 15 is 0 Å². The highest BCUT2D eigenvalue weighted by Crippen LogP contribution is 2.45. The molecule has 0 spiro atoms. The highest BCUT2D eigenvalue weighted by atomic mass is 16.1. The van der Waals surface area contributed by atoms with Crippen LogP contribution in [0.1, 0.15) is 41.0 Å². The van der Waals surface area contributed by atoms with Crippen molar-refractivity contribution in [2.24, 2.45) is 11.3 Å². The van der Waals surface area contributed by atoms with Crippen molar-refractivity contribution in [2.45, 2.75) is 41.0 Å². The van der Waals surface area contributed by atoms with Gasteiger partial charge in [-0.25, -0.2) is 4.79 Å². The van der Waals surface area contributed by atoms with Crippen LogP contribution in [0, 0.1) is 11.3 Å². The average Bonchev–Trinajstić information content (AvgIpc) is 2.89. The van der Waals surface area contributed by atoms with Gasteiger partial charge in [0.15, 0.2) is 0 Å². The van der Waals surface area contributed by atoms with E-state index in [4.69, 9.17) is 0 Å². The van der Waals surface area contributed by atoms with Crippen LogP contribution in [0.2, 0.25) is 0 Å². The van der Waals surface area contributed by atoms with Gasteiger partial charge in [0, 0.05) is 11.1 Å². The number of aromatic amines is 1. The van der Waals surface area contributed by atoms with Gasteiger partial charge in [0.25, 0.3) is 0 Å². The Bertz CT molecular complexity index is 688. The van der Waals surface area contributed by atoms with Gasteiger partial charge in [-0.2, -0.15) is 0 Å². The zero-order chi connectivity index (χ0) is 14.9. The first-order chi connectivity index (χ1) is 9.51. The van der Waals surface area contributed by atoms with E-state index in [1.165, 1.54) is 0 Å². The number of benzene rings is 1. The van der Waals surface area contributed by atoms with Crippen LogP contribution in [0.5, 0.6) is 0 Å². The molecule has 0 aliphatic heterocycles. The van der Waals surface area contributed by atoms with Gasteiger partial charge < -0.3 is 4.98 Å². The lowest BCUT2D eigenvalue weighted by atomic mass is 9.81. The summed E-state index contributed by atoms with van der Waals surface area (Å²) in [5.74, 6) is 0.563. The molecule has 1 aromatic carbocycles. The third-order valence-electron chi connectivity index (χ3n) is 4.39. The van der Waals surface area contributed by atoms with Crippen LogP contribution in [0.4, 0.5) is 0 Å². The molecule has 0 amide bonds. The Morgan fingerprint density at radius 2 is 1.90 bits per heavy atom. The van der Waals surface area contributed by atoms with Crippen molar-refractivity contribution in [2.75, 3.05) is 0 Å². The second-order valence-electron chi connectivity index (χ2n) is 5.73. The van der Waals surface area contributed by atoms with Gasteiger partial charge in [0.2, 0.25) is 0 Å². The number of nitrogens with zero attached hydrogens (tertiary/aromatic N) is 1. The molecule has 0 saturated heterocycles. The Labute approximate surface area is 120 Å². The van der Waals surface area contributed by atoms with Crippen molar-refractivity contribution >= 4 is 16.7 Å². The average molecular weight is 272 g/mol. The highest BCUT2D eigenvalue weighted by molar-refractivity contribution is 5.80. The minimum Gasteiger partial charge on any atom is -0.305 e. The second-order valence-corrected chi connectivity index (χ2v) is 5.73. The summed E-state index contributed by atoms with van der Waals surface area (Å²) < 4.78 is 1.83. The molecule has 1 aliphatic rings. The van der Waals surface area contributed by atoms with Gasteiger partial charge in [-0.15, -0.1) is 0 Å². The van der Waals surface area contributed by atoms with E-state index in [1.54, 1.807) is 0 Å². The highest BCUT2D eigenvalue weighted by Gasteiger charge is 2.36. The number of nitrogens with one attached hydrogen (secondary N) is 1. The number of rotatable bonds is 1. The quantitative estimate of drug-likeness (QED) is 0.827. The number of aromatic nitrogens is 2. The topological polar surface area (TPSA) is 37.8 Å². The molecule has 0 fully saturated rings. The van der Waals surface area contributed by atoms with Crippen LogP contribution >= 0.6 is 0 Å². The van der Waals surface area contributed by atoms with Crippen molar-refractivity contribution in [1.82, 2.24) is 9.55 Å². The molecule has 20 heavy (non-hydrogen) atoms. The van der Waals surface area contributed by atoms with Gasteiger partial charge in [-0.1, -0.05) is 52.8 Å². The van der Waals surface area contributed by atoms with E-state index in [0.717, 1.165) is 23.2 Å². The maximum absolute atomic E-state index is 12.2. The molecule has 108 valence electrons. The zero-order valence-electron chi connectivity index (χ0n) is 13.0. The first-order valence-electron chi connectivity index (χ1n) is 7.42. The number of fused-ring (bicyclic) bond motifs is 1. The zero-order valence-corrected chi connectivity index (χ0v) is 13.0. The molecule has 0 saturated carbocycles. The van der Waals surface area contributed by atoms with Crippen molar-refractivity contribution in [3.63, 3.8) is 0 Å². The predicted octanol–water partition coefficient (Wildman–Crippen LogP) is 4.26. The monoisotopic (exact) mass is 272 g/mol. The second kappa shape index (κ2) is 5.31. The fourth-order valence-corrected chi connectivity index (χ4v) is 2.77. The number of hydrogen-bond donors (Lipinski definition) is 1. The van der Waals surface area contributed by atoms with Crippen molar-refractivity contribution in [1.29, 1.82) is 0 Å². The number of para-hydroxylation sites is 2. The summed E-state index contributed by atoms with van der Waals surface area (Å²) in [7, 11) is 0. The SMILES string of the molecule is CC.CC1CC=C(n2c(=O)[nH]c3ccccc32)C1(C)C. The molecule has 1 N–H and O–H groups in total. The van der Waals surface area contributed by atoms with Gasteiger partial charge in [-0.05, 0) is 24.5 Å². The van der Waals surface area contributed by atoms with E-state index in [2.05, 4.69) is 31.8 Å². The number of H-pyrrole nitrogens is 1. The van der Waals surface area contributed by atoms with E-state index < -0.39 is 0 Å².